The maximum absolute atomic E-state index is 13.4. The van der Waals surface area contributed by atoms with E-state index in [1.807, 2.05) is 6.08 Å². The Kier molecular flexibility index (Phi) is 6.61. The fraction of sp³-hybridized carbons (Fsp3) is 0.364. The van der Waals surface area contributed by atoms with Gasteiger partial charge in [0, 0.05) is 31.7 Å². The first-order valence-corrected chi connectivity index (χ1v) is 11.2. The molecule has 1 fully saturated rings. The van der Waals surface area contributed by atoms with E-state index in [9.17, 15) is 8.78 Å². The molecule has 0 spiro atoms. The number of fused-ring (bicyclic) bond motifs is 1. The second-order valence-electron chi connectivity index (χ2n) is 7.54. The topological polar surface area (TPSA) is 41.1 Å². The van der Waals surface area contributed by atoms with Gasteiger partial charge in [0.15, 0.2) is 0 Å². The molecule has 1 aliphatic rings. The number of hydrogen-bond acceptors (Lipinski definition) is 5. The first-order chi connectivity index (χ1) is 14.5. The molecule has 0 bridgehead atoms. The van der Waals surface area contributed by atoms with Gasteiger partial charge in [-0.1, -0.05) is 17.7 Å². The fourth-order valence-corrected chi connectivity index (χ4v) is 5.23. The van der Waals surface area contributed by atoms with Crippen LogP contribution in [0.25, 0.3) is 10.2 Å². The second kappa shape index (κ2) is 9.37. The number of hydrogen-bond donors (Lipinski definition) is 1. The Labute approximate surface area is 183 Å². The summed E-state index contributed by atoms with van der Waals surface area (Å²) in [6, 6.07) is 4.03. The maximum Gasteiger partial charge on any atom is 0.138 e. The Bertz CT molecular complexity index is 1030. The van der Waals surface area contributed by atoms with E-state index in [1.54, 1.807) is 6.33 Å². The lowest BCUT2D eigenvalue weighted by Gasteiger charge is -2.32. The van der Waals surface area contributed by atoms with E-state index in [4.69, 9.17) is 11.6 Å². The van der Waals surface area contributed by atoms with Crippen LogP contribution in [-0.4, -0.2) is 40.5 Å². The smallest absolute Gasteiger partial charge is 0.138 e. The van der Waals surface area contributed by atoms with Gasteiger partial charge in [-0.25, -0.2) is 18.7 Å². The van der Waals surface area contributed by atoms with Gasteiger partial charge in [0.25, 0.3) is 0 Å². The molecule has 4 nitrogen and oxygen atoms in total. The molecule has 1 aromatic carbocycles. The zero-order chi connectivity index (χ0) is 21.1. The van der Waals surface area contributed by atoms with Crippen molar-refractivity contribution in [1.82, 2.24) is 14.9 Å². The summed E-state index contributed by atoms with van der Waals surface area (Å²) < 4.78 is 27.4. The van der Waals surface area contributed by atoms with Gasteiger partial charge in [-0.15, -0.1) is 17.9 Å². The molecular weight excluding hydrogens is 426 g/mol. The molecule has 8 heteroatoms. The van der Waals surface area contributed by atoms with E-state index < -0.39 is 11.6 Å². The van der Waals surface area contributed by atoms with Crippen LogP contribution in [0.2, 0.25) is 4.34 Å². The number of piperidine rings is 1. The zero-order valence-corrected chi connectivity index (χ0v) is 18.1. The maximum atomic E-state index is 13.4. The van der Waals surface area contributed by atoms with E-state index in [1.165, 1.54) is 23.5 Å². The number of benzene rings is 1. The molecule has 0 amide bonds. The summed E-state index contributed by atoms with van der Waals surface area (Å²) >= 11 is 7.87. The van der Waals surface area contributed by atoms with Crippen molar-refractivity contribution in [2.24, 2.45) is 0 Å². The van der Waals surface area contributed by atoms with Gasteiger partial charge in [0.05, 0.1) is 9.72 Å². The van der Waals surface area contributed by atoms with Gasteiger partial charge in [0.2, 0.25) is 0 Å². The van der Waals surface area contributed by atoms with Gasteiger partial charge < -0.3 is 10.2 Å². The normalized spacial score (nSPS) is 15.6. The van der Waals surface area contributed by atoms with Crippen LogP contribution in [0.3, 0.4) is 0 Å². The molecule has 0 radical (unpaired) electrons. The number of likely N-dealkylation sites (tertiary alicyclic amines) is 1. The number of nitrogens with zero attached hydrogens (tertiary/aromatic N) is 3. The van der Waals surface area contributed by atoms with Crippen LogP contribution in [0.5, 0.6) is 0 Å². The molecule has 2 aromatic heterocycles. The van der Waals surface area contributed by atoms with Crippen molar-refractivity contribution in [3.63, 3.8) is 0 Å². The summed E-state index contributed by atoms with van der Waals surface area (Å²) in [5.41, 5.74) is 1.72. The number of rotatable bonds is 7. The molecular formula is C22H23ClF2N4S. The molecule has 3 aromatic rings. The summed E-state index contributed by atoms with van der Waals surface area (Å²) in [6.45, 7) is 6.46. The highest BCUT2D eigenvalue weighted by molar-refractivity contribution is 7.22. The summed E-state index contributed by atoms with van der Waals surface area (Å²) in [7, 11) is 0. The summed E-state index contributed by atoms with van der Waals surface area (Å²) in [5, 5.41) is 4.57. The fourth-order valence-electron chi connectivity index (χ4n) is 3.94. The Morgan fingerprint density at radius 2 is 1.93 bits per heavy atom. The van der Waals surface area contributed by atoms with Crippen molar-refractivity contribution in [2.75, 3.05) is 25.0 Å². The minimum atomic E-state index is -0.520. The standard InChI is InChI=1S/C22H23ClF2N4S/c1-2-3-18-19-21(26-13-27-22(19)30-20(18)23)28-17-5-8-29(9-6-17)7-4-14-10-15(24)12-16(25)11-14/h2,10-13,17H,1,3-9H2,(H,26,27,28). The predicted molar refractivity (Wildman–Crippen MR) is 119 cm³/mol. The highest BCUT2D eigenvalue weighted by Gasteiger charge is 2.22. The van der Waals surface area contributed by atoms with Crippen molar-refractivity contribution in [3.05, 3.63) is 64.3 Å². The van der Waals surface area contributed by atoms with Gasteiger partial charge in [0.1, 0.15) is 28.6 Å². The Balaban J connectivity index is 1.36. The van der Waals surface area contributed by atoms with Crippen LogP contribution in [0.15, 0.2) is 37.2 Å². The van der Waals surface area contributed by atoms with Gasteiger partial charge in [-0.3, -0.25) is 0 Å². The molecule has 0 saturated carbocycles. The van der Waals surface area contributed by atoms with Crippen molar-refractivity contribution in [2.45, 2.75) is 31.7 Å². The van der Waals surface area contributed by atoms with Crippen LogP contribution in [0.4, 0.5) is 14.6 Å². The molecule has 1 N–H and O–H groups in total. The summed E-state index contributed by atoms with van der Waals surface area (Å²) in [4.78, 5) is 12.1. The first-order valence-electron chi connectivity index (χ1n) is 10.00. The SMILES string of the molecule is C=CCc1c(Cl)sc2ncnc(NC3CCN(CCc4cc(F)cc(F)c4)CC3)c12. The van der Waals surface area contributed by atoms with Crippen molar-refractivity contribution in [3.8, 4) is 0 Å². The van der Waals surface area contributed by atoms with Gasteiger partial charge in [-0.2, -0.15) is 0 Å². The molecule has 30 heavy (non-hydrogen) atoms. The first kappa shape index (κ1) is 21.2. The Hall–Kier alpha value is -2.09. The second-order valence-corrected chi connectivity index (χ2v) is 9.14. The molecule has 158 valence electrons. The third-order valence-corrected chi connectivity index (χ3v) is 6.84. The molecule has 0 atom stereocenters. The van der Waals surface area contributed by atoms with Crippen LogP contribution >= 0.6 is 22.9 Å². The molecule has 1 saturated heterocycles. The highest BCUT2D eigenvalue weighted by atomic mass is 35.5. The van der Waals surface area contributed by atoms with Gasteiger partial charge in [-0.05, 0) is 48.9 Å². The third-order valence-electron chi connectivity index (χ3n) is 5.45. The van der Waals surface area contributed by atoms with E-state index in [0.717, 1.165) is 64.5 Å². The van der Waals surface area contributed by atoms with Gasteiger partial charge >= 0.3 is 0 Å². The van der Waals surface area contributed by atoms with E-state index >= 15 is 0 Å². The quantitative estimate of drug-likeness (QED) is 0.486. The molecule has 0 aliphatic carbocycles. The molecule has 4 rings (SSSR count). The minimum absolute atomic E-state index is 0.307. The number of thiophene rings is 1. The lowest BCUT2D eigenvalue weighted by molar-refractivity contribution is 0.221. The largest absolute Gasteiger partial charge is 0.367 e. The van der Waals surface area contributed by atoms with Crippen LogP contribution in [0.1, 0.15) is 24.0 Å². The number of nitrogens with one attached hydrogen (secondary N) is 1. The third kappa shape index (κ3) is 4.79. The van der Waals surface area contributed by atoms with Crippen molar-refractivity contribution >= 4 is 39.0 Å². The van der Waals surface area contributed by atoms with Crippen molar-refractivity contribution < 1.29 is 8.78 Å². The highest BCUT2D eigenvalue weighted by Crippen LogP contribution is 2.38. The van der Waals surface area contributed by atoms with Crippen LogP contribution in [-0.2, 0) is 12.8 Å². The lowest BCUT2D eigenvalue weighted by atomic mass is 10.0. The Morgan fingerprint density at radius 1 is 1.20 bits per heavy atom. The summed E-state index contributed by atoms with van der Waals surface area (Å²) in [5.74, 6) is -0.212. The number of allylic oxidation sites excluding steroid dienone is 1. The average Bonchev–Trinajstić information content (AvgIpc) is 3.03. The van der Waals surface area contributed by atoms with E-state index in [0.29, 0.717) is 24.4 Å². The molecule has 0 unspecified atom stereocenters. The van der Waals surface area contributed by atoms with E-state index in [2.05, 4.69) is 26.8 Å². The van der Waals surface area contributed by atoms with Crippen molar-refractivity contribution in [1.29, 1.82) is 0 Å². The molecule has 1 aliphatic heterocycles. The monoisotopic (exact) mass is 448 g/mol. The predicted octanol–water partition coefficient (Wildman–Crippen LogP) is 5.47. The number of aromatic nitrogens is 2. The van der Waals surface area contributed by atoms with Crippen LogP contribution < -0.4 is 5.32 Å². The minimum Gasteiger partial charge on any atom is -0.367 e. The van der Waals surface area contributed by atoms with E-state index in [-0.39, 0.29) is 0 Å². The number of halogens is 3. The summed E-state index contributed by atoms with van der Waals surface area (Å²) in [6.07, 6.45) is 6.67. The van der Waals surface area contributed by atoms with Crippen LogP contribution in [0, 0.1) is 11.6 Å². The average molecular weight is 449 g/mol. The number of anilines is 1. The molecule has 3 heterocycles. The Morgan fingerprint density at radius 3 is 2.63 bits per heavy atom. The lowest BCUT2D eigenvalue weighted by Crippen LogP contribution is -2.40. The zero-order valence-electron chi connectivity index (χ0n) is 16.5.